The van der Waals surface area contributed by atoms with Crippen molar-refractivity contribution in [3.63, 3.8) is 0 Å². The van der Waals surface area contributed by atoms with E-state index in [1.165, 1.54) is 4.68 Å². The zero-order valence-corrected chi connectivity index (χ0v) is 26.3. The standard InChI is InChI=1S/C32H29BrCl2N4O2/c1-5-19(2)31-37-30-13-7-24(33)16-27(30)32(40)39(31)36-17-23-14-20(3)38(21(23)4)25-8-10-26(11-9-25)41-18-22-6-12-28(34)29(35)15-22/h6-17,19H,5,18H2,1-4H3/t19-/m1/s1. The largest absolute Gasteiger partial charge is 0.489 e. The van der Waals surface area contributed by atoms with Gasteiger partial charge >= 0.3 is 0 Å². The molecular formula is C32H29BrCl2N4O2. The van der Waals surface area contributed by atoms with E-state index in [0.717, 1.165) is 44.8 Å². The van der Waals surface area contributed by atoms with Crippen molar-refractivity contribution >= 4 is 56.2 Å². The SMILES string of the molecule is CC[C@@H](C)c1nc2ccc(Br)cc2c(=O)n1N=Cc1cc(C)n(-c2ccc(OCc3ccc(Cl)c(Cl)c3)cc2)c1C. The van der Waals surface area contributed by atoms with E-state index in [9.17, 15) is 4.79 Å². The van der Waals surface area contributed by atoms with Crippen LogP contribution < -0.4 is 10.3 Å². The van der Waals surface area contributed by atoms with Crippen molar-refractivity contribution in [2.24, 2.45) is 5.10 Å². The molecule has 0 aliphatic rings. The lowest BCUT2D eigenvalue weighted by molar-refractivity contribution is 0.306. The van der Waals surface area contributed by atoms with Crippen LogP contribution in [0.15, 0.2) is 81.1 Å². The predicted molar refractivity (Wildman–Crippen MR) is 171 cm³/mol. The second kappa shape index (κ2) is 12.2. The number of benzene rings is 3. The molecule has 5 rings (SSSR count). The molecule has 0 saturated heterocycles. The first-order chi connectivity index (χ1) is 19.7. The molecule has 0 unspecified atom stereocenters. The minimum atomic E-state index is -0.187. The third-order valence-corrected chi connectivity index (χ3v) is 8.39. The monoisotopic (exact) mass is 650 g/mol. The summed E-state index contributed by atoms with van der Waals surface area (Å²) in [5.74, 6) is 1.46. The van der Waals surface area contributed by atoms with Crippen LogP contribution in [0.25, 0.3) is 16.6 Å². The highest BCUT2D eigenvalue weighted by Gasteiger charge is 2.16. The normalized spacial score (nSPS) is 12.4. The molecule has 210 valence electrons. The van der Waals surface area contributed by atoms with Crippen LogP contribution in [0.2, 0.25) is 10.0 Å². The number of hydrogen-bond donors (Lipinski definition) is 0. The molecule has 5 aromatic rings. The summed E-state index contributed by atoms with van der Waals surface area (Å²) in [7, 11) is 0. The Morgan fingerprint density at radius 3 is 2.49 bits per heavy atom. The highest BCUT2D eigenvalue weighted by Crippen LogP contribution is 2.26. The molecule has 0 saturated carbocycles. The number of hydrogen-bond acceptors (Lipinski definition) is 4. The molecule has 0 amide bonds. The van der Waals surface area contributed by atoms with E-state index in [2.05, 4.69) is 45.5 Å². The predicted octanol–water partition coefficient (Wildman–Crippen LogP) is 8.85. The molecule has 9 heteroatoms. The Kier molecular flexibility index (Phi) is 8.68. The molecule has 1 atom stereocenters. The van der Waals surface area contributed by atoms with Crippen molar-refractivity contribution in [2.75, 3.05) is 0 Å². The summed E-state index contributed by atoms with van der Waals surface area (Å²) in [4.78, 5) is 18.3. The Balaban J connectivity index is 1.42. The Bertz CT molecular complexity index is 1830. The van der Waals surface area contributed by atoms with Crippen LogP contribution in [0.3, 0.4) is 0 Å². The Morgan fingerprint density at radius 1 is 1.02 bits per heavy atom. The van der Waals surface area contributed by atoms with Gasteiger partial charge in [0.25, 0.3) is 5.56 Å². The summed E-state index contributed by atoms with van der Waals surface area (Å²) in [5.41, 5.74) is 5.38. The van der Waals surface area contributed by atoms with E-state index >= 15 is 0 Å². The molecule has 0 bridgehead atoms. The first-order valence-corrected chi connectivity index (χ1v) is 14.8. The molecule has 3 aromatic carbocycles. The molecule has 0 N–H and O–H groups in total. The number of fused-ring (bicyclic) bond motifs is 1. The smallest absolute Gasteiger partial charge is 0.282 e. The van der Waals surface area contributed by atoms with Crippen molar-refractivity contribution < 1.29 is 4.74 Å². The summed E-state index contributed by atoms with van der Waals surface area (Å²) in [6.45, 7) is 8.61. The fourth-order valence-corrected chi connectivity index (χ4v) is 5.38. The molecule has 0 aliphatic heterocycles. The molecule has 2 aromatic heterocycles. The number of rotatable bonds is 8. The second-order valence-corrected chi connectivity index (χ2v) is 11.7. The van der Waals surface area contributed by atoms with E-state index < -0.39 is 0 Å². The summed E-state index contributed by atoms with van der Waals surface area (Å²) in [5, 5.41) is 6.21. The molecule has 0 aliphatic carbocycles. The molecule has 0 spiro atoms. The number of aromatic nitrogens is 3. The fourth-order valence-electron chi connectivity index (χ4n) is 4.70. The third kappa shape index (κ3) is 6.13. The van der Waals surface area contributed by atoms with Crippen LogP contribution in [-0.2, 0) is 6.61 Å². The van der Waals surface area contributed by atoms with Gasteiger partial charge in [0.1, 0.15) is 18.2 Å². The Morgan fingerprint density at radius 2 is 1.78 bits per heavy atom. The Hall–Kier alpha value is -3.39. The maximum atomic E-state index is 13.5. The number of halogens is 3. The molecule has 0 radical (unpaired) electrons. The summed E-state index contributed by atoms with van der Waals surface area (Å²) in [6.07, 6.45) is 2.58. The van der Waals surface area contributed by atoms with Crippen molar-refractivity contribution in [1.29, 1.82) is 0 Å². The lowest BCUT2D eigenvalue weighted by atomic mass is 10.1. The fraction of sp³-hybridized carbons (Fsp3) is 0.219. The molecule has 2 heterocycles. The summed E-state index contributed by atoms with van der Waals surface area (Å²) < 4.78 is 10.4. The van der Waals surface area contributed by atoms with E-state index in [-0.39, 0.29) is 11.5 Å². The van der Waals surface area contributed by atoms with Gasteiger partial charge in [-0.3, -0.25) is 4.79 Å². The van der Waals surface area contributed by atoms with Gasteiger partial charge < -0.3 is 9.30 Å². The summed E-state index contributed by atoms with van der Waals surface area (Å²) >= 11 is 15.6. The van der Waals surface area contributed by atoms with Crippen LogP contribution in [0.4, 0.5) is 0 Å². The first kappa shape index (κ1) is 29.1. The minimum Gasteiger partial charge on any atom is -0.489 e. The molecular weight excluding hydrogens is 623 g/mol. The van der Waals surface area contributed by atoms with Crippen molar-refractivity contribution in [3.8, 4) is 11.4 Å². The van der Waals surface area contributed by atoms with Crippen LogP contribution in [0, 0.1) is 13.8 Å². The maximum Gasteiger partial charge on any atom is 0.282 e. The van der Waals surface area contributed by atoms with Crippen LogP contribution in [0.1, 0.15) is 54.5 Å². The topological polar surface area (TPSA) is 61.4 Å². The van der Waals surface area contributed by atoms with Crippen LogP contribution in [0.5, 0.6) is 5.75 Å². The van der Waals surface area contributed by atoms with Gasteiger partial charge in [0.2, 0.25) is 0 Å². The van der Waals surface area contributed by atoms with Crippen molar-refractivity contribution in [2.45, 2.75) is 46.6 Å². The maximum absolute atomic E-state index is 13.5. The molecule has 0 fully saturated rings. The number of ether oxygens (including phenoxy) is 1. The van der Waals surface area contributed by atoms with E-state index in [0.29, 0.717) is 33.4 Å². The minimum absolute atomic E-state index is 0.0674. The van der Waals surface area contributed by atoms with E-state index in [1.54, 1.807) is 24.4 Å². The highest BCUT2D eigenvalue weighted by molar-refractivity contribution is 9.10. The highest BCUT2D eigenvalue weighted by atomic mass is 79.9. The quantitative estimate of drug-likeness (QED) is 0.158. The average Bonchev–Trinajstić information content (AvgIpc) is 3.25. The van der Waals surface area contributed by atoms with Gasteiger partial charge in [-0.15, -0.1) is 0 Å². The van der Waals surface area contributed by atoms with Crippen molar-refractivity contribution in [3.05, 3.63) is 120 Å². The first-order valence-electron chi connectivity index (χ1n) is 13.3. The van der Waals surface area contributed by atoms with E-state index in [1.807, 2.05) is 56.3 Å². The number of nitrogens with zero attached hydrogens (tertiary/aromatic N) is 4. The van der Waals surface area contributed by atoms with Gasteiger partial charge in [-0.1, -0.05) is 59.0 Å². The van der Waals surface area contributed by atoms with Crippen molar-refractivity contribution in [1.82, 2.24) is 14.2 Å². The van der Waals surface area contributed by atoms with Crippen LogP contribution in [-0.4, -0.2) is 20.4 Å². The van der Waals surface area contributed by atoms with Gasteiger partial charge in [0, 0.05) is 33.0 Å². The van der Waals surface area contributed by atoms with E-state index in [4.69, 9.17) is 32.9 Å². The molecule has 41 heavy (non-hydrogen) atoms. The average molecular weight is 652 g/mol. The van der Waals surface area contributed by atoms with Gasteiger partial charge in [0.15, 0.2) is 0 Å². The number of aryl methyl sites for hydroxylation is 1. The molecule has 6 nitrogen and oxygen atoms in total. The van der Waals surface area contributed by atoms with Gasteiger partial charge in [-0.05, 0) is 86.5 Å². The third-order valence-electron chi connectivity index (χ3n) is 7.15. The lowest BCUT2D eigenvalue weighted by Gasteiger charge is -2.14. The van der Waals surface area contributed by atoms with Gasteiger partial charge in [-0.25, -0.2) is 4.98 Å². The lowest BCUT2D eigenvalue weighted by Crippen LogP contribution is -2.23. The van der Waals surface area contributed by atoms with Gasteiger partial charge in [-0.2, -0.15) is 9.78 Å². The van der Waals surface area contributed by atoms with Gasteiger partial charge in [0.05, 0.1) is 27.2 Å². The zero-order chi connectivity index (χ0) is 29.3. The Labute approximate surface area is 257 Å². The summed E-state index contributed by atoms with van der Waals surface area (Å²) in [6, 6.07) is 21.0. The second-order valence-electron chi connectivity index (χ2n) is 10.00. The van der Waals surface area contributed by atoms with Crippen LogP contribution >= 0.6 is 39.1 Å². The zero-order valence-electron chi connectivity index (χ0n) is 23.2.